The first-order valence-electron chi connectivity index (χ1n) is 22.0. The molecule has 61 heavy (non-hydrogen) atoms. The summed E-state index contributed by atoms with van der Waals surface area (Å²) in [7, 11) is 0. The fraction of sp³-hybridized carbons (Fsp3) is 0.119. The maximum atomic E-state index is 2.67. The number of hydrogen-bond acceptors (Lipinski definition) is 2. The molecule has 2 nitrogen and oxygen atoms in total. The van der Waals surface area contributed by atoms with Gasteiger partial charge in [-0.05, 0) is 145 Å². The molecule has 0 radical (unpaired) electrons. The average molecular weight is 783 g/mol. The van der Waals surface area contributed by atoms with Crippen LogP contribution in [0.25, 0.3) is 59.9 Å². The summed E-state index contributed by atoms with van der Waals surface area (Å²) in [5, 5.41) is 12.4. The lowest BCUT2D eigenvalue weighted by atomic mass is 9.86. The van der Waals surface area contributed by atoms with Crippen molar-refractivity contribution in [2.24, 2.45) is 5.92 Å². The minimum Gasteiger partial charge on any atom is -0.334 e. The first-order chi connectivity index (χ1) is 30.1. The SMILES string of the molecule is CC1C=Cc2ccc(N(c3cc4c5ccccc5c(N(c5ccc6ccccc6c5)c5ccc6ccccc6c5)cc4c4ccccc34)C3C=C4CCC=CC4=CC3)cc2C1. The monoisotopic (exact) mass is 782 g/mol. The van der Waals surface area contributed by atoms with Crippen molar-refractivity contribution in [1.29, 1.82) is 0 Å². The third-order valence-corrected chi connectivity index (χ3v) is 13.4. The lowest BCUT2D eigenvalue weighted by molar-refractivity contribution is 0.715. The summed E-state index contributed by atoms with van der Waals surface area (Å²) in [5.41, 5.74) is 11.6. The Morgan fingerprint density at radius 2 is 1.10 bits per heavy atom. The molecule has 0 aliphatic heterocycles. The Morgan fingerprint density at radius 3 is 1.79 bits per heavy atom. The fourth-order valence-corrected chi connectivity index (χ4v) is 10.4. The van der Waals surface area contributed by atoms with Crippen molar-refractivity contribution in [2.75, 3.05) is 9.80 Å². The summed E-state index contributed by atoms with van der Waals surface area (Å²) in [5.74, 6) is 0.526. The molecule has 9 aromatic carbocycles. The number of hydrogen-bond donors (Lipinski definition) is 0. The normalized spacial score (nSPS) is 17.1. The summed E-state index contributed by atoms with van der Waals surface area (Å²) in [6.45, 7) is 2.33. The summed E-state index contributed by atoms with van der Waals surface area (Å²) in [4.78, 5) is 5.15. The van der Waals surface area contributed by atoms with Gasteiger partial charge >= 0.3 is 0 Å². The second kappa shape index (κ2) is 14.5. The summed E-state index contributed by atoms with van der Waals surface area (Å²) in [6.07, 6.45) is 18.6. The Morgan fingerprint density at radius 1 is 0.508 bits per heavy atom. The van der Waals surface area contributed by atoms with Gasteiger partial charge < -0.3 is 9.80 Å². The van der Waals surface area contributed by atoms with E-state index in [-0.39, 0.29) is 6.04 Å². The predicted octanol–water partition coefficient (Wildman–Crippen LogP) is 16.2. The first-order valence-corrected chi connectivity index (χ1v) is 22.0. The molecule has 0 spiro atoms. The van der Waals surface area contributed by atoms with Crippen LogP contribution in [-0.2, 0) is 6.42 Å². The van der Waals surface area contributed by atoms with Crippen LogP contribution in [-0.4, -0.2) is 6.04 Å². The van der Waals surface area contributed by atoms with Gasteiger partial charge in [0.1, 0.15) is 0 Å². The van der Waals surface area contributed by atoms with Crippen molar-refractivity contribution in [3.63, 3.8) is 0 Å². The predicted molar refractivity (Wildman–Crippen MR) is 262 cm³/mol. The van der Waals surface area contributed by atoms with Crippen LogP contribution in [0.3, 0.4) is 0 Å². The molecule has 3 aliphatic carbocycles. The maximum absolute atomic E-state index is 2.67. The highest BCUT2D eigenvalue weighted by molar-refractivity contribution is 6.24. The topological polar surface area (TPSA) is 6.48 Å². The van der Waals surface area contributed by atoms with E-state index in [0.29, 0.717) is 5.92 Å². The van der Waals surface area contributed by atoms with Gasteiger partial charge in [0, 0.05) is 27.8 Å². The first kappa shape index (κ1) is 35.8. The largest absolute Gasteiger partial charge is 0.334 e. The Kier molecular flexibility index (Phi) is 8.52. The Bertz CT molecular complexity index is 3280. The van der Waals surface area contributed by atoms with Gasteiger partial charge in [0.25, 0.3) is 0 Å². The van der Waals surface area contributed by atoms with Crippen LogP contribution >= 0.6 is 0 Å². The van der Waals surface area contributed by atoms with E-state index in [1.165, 1.54) is 93.2 Å². The lowest BCUT2D eigenvalue weighted by Gasteiger charge is -2.36. The molecule has 292 valence electrons. The number of benzene rings is 9. The molecular weight excluding hydrogens is 737 g/mol. The van der Waals surface area contributed by atoms with Gasteiger partial charge in [0.15, 0.2) is 0 Å². The Labute approximate surface area is 357 Å². The van der Waals surface area contributed by atoms with E-state index in [9.17, 15) is 0 Å². The average Bonchev–Trinajstić information content (AvgIpc) is 3.31. The van der Waals surface area contributed by atoms with E-state index in [4.69, 9.17) is 0 Å². The molecule has 2 unspecified atom stereocenters. The zero-order valence-electron chi connectivity index (χ0n) is 34.4. The molecule has 0 bridgehead atoms. The van der Waals surface area contributed by atoms with Crippen LogP contribution < -0.4 is 9.80 Å². The summed E-state index contributed by atoms with van der Waals surface area (Å²) in [6, 6.07) is 61.7. The lowest BCUT2D eigenvalue weighted by Crippen LogP contribution is -2.31. The molecule has 3 aliphatic rings. The van der Waals surface area contributed by atoms with Gasteiger partial charge in [-0.1, -0.05) is 159 Å². The maximum Gasteiger partial charge on any atom is 0.0563 e. The zero-order chi connectivity index (χ0) is 40.4. The quantitative estimate of drug-likeness (QED) is 0.155. The van der Waals surface area contributed by atoms with Gasteiger partial charge in [-0.3, -0.25) is 0 Å². The Hall–Kier alpha value is -7.16. The molecule has 0 heterocycles. The van der Waals surface area contributed by atoms with Crippen LogP contribution in [0.1, 0.15) is 37.3 Å². The van der Waals surface area contributed by atoms with Crippen LogP contribution in [0.2, 0.25) is 0 Å². The second-order valence-electron chi connectivity index (χ2n) is 17.3. The molecule has 0 saturated heterocycles. The number of nitrogens with zero attached hydrogens (tertiary/aromatic N) is 2. The number of anilines is 5. The summed E-state index contributed by atoms with van der Waals surface area (Å²) < 4.78 is 0. The van der Waals surface area contributed by atoms with Crippen LogP contribution in [0.15, 0.2) is 205 Å². The molecule has 0 fully saturated rings. The third kappa shape index (κ3) is 6.17. The smallest absolute Gasteiger partial charge is 0.0563 e. The van der Waals surface area contributed by atoms with E-state index in [1.54, 1.807) is 0 Å². The molecule has 0 aromatic heterocycles. The van der Waals surface area contributed by atoms with Crippen LogP contribution in [0.5, 0.6) is 0 Å². The van der Waals surface area contributed by atoms with Gasteiger partial charge in [-0.15, -0.1) is 0 Å². The number of rotatable bonds is 6. The highest BCUT2D eigenvalue weighted by atomic mass is 15.2. The fourth-order valence-electron chi connectivity index (χ4n) is 10.4. The van der Waals surface area contributed by atoms with E-state index >= 15 is 0 Å². The van der Waals surface area contributed by atoms with Crippen molar-refractivity contribution in [1.82, 2.24) is 0 Å². The Balaban J connectivity index is 1.12. The van der Waals surface area contributed by atoms with Gasteiger partial charge in [-0.25, -0.2) is 0 Å². The van der Waals surface area contributed by atoms with Gasteiger partial charge in [0.2, 0.25) is 0 Å². The molecule has 2 heteroatoms. The minimum absolute atomic E-state index is 0.183. The van der Waals surface area contributed by atoms with Crippen molar-refractivity contribution < 1.29 is 0 Å². The molecule has 9 aromatic rings. The molecule has 2 atom stereocenters. The molecule has 0 saturated carbocycles. The van der Waals surface area contributed by atoms with Crippen molar-refractivity contribution in [3.8, 4) is 0 Å². The highest BCUT2D eigenvalue weighted by Crippen LogP contribution is 2.48. The van der Waals surface area contributed by atoms with E-state index in [2.05, 4.69) is 217 Å². The van der Waals surface area contributed by atoms with Crippen molar-refractivity contribution >= 4 is 88.4 Å². The molecule has 0 N–H and O–H groups in total. The van der Waals surface area contributed by atoms with Gasteiger partial charge in [-0.2, -0.15) is 0 Å². The van der Waals surface area contributed by atoms with Crippen LogP contribution in [0.4, 0.5) is 28.4 Å². The van der Waals surface area contributed by atoms with Gasteiger partial charge in [0.05, 0.1) is 17.4 Å². The van der Waals surface area contributed by atoms with Crippen LogP contribution in [0, 0.1) is 5.92 Å². The number of allylic oxidation sites excluding steroid dienone is 5. The molecular formula is C59H46N2. The van der Waals surface area contributed by atoms with Crippen molar-refractivity contribution in [2.45, 2.75) is 38.6 Å². The standard InChI is InChI=1S/C59H46N2/c1-39-22-23-43-27-31-51(36-47(43)32-39)61(50-30-26-42-14-4-7-17-46(42)35-50)59-38-57-52-18-8-10-20-54(52)58(37-56(57)53-19-9-11-21-55(53)59)60(48-28-24-40-12-2-5-15-44(40)33-48)49-29-25-41-13-3-6-16-45(41)34-49/h2-6,8-16,18-29,31,33-39,50H,7,17,30,32H2,1H3. The van der Waals surface area contributed by atoms with E-state index in [1.807, 2.05) is 0 Å². The zero-order valence-corrected chi connectivity index (χ0v) is 34.4. The van der Waals surface area contributed by atoms with Crippen molar-refractivity contribution in [3.05, 3.63) is 216 Å². The van der Waals surface area contributed by atoms with E-state index in [0.717, 1.165) is 37.1 Å². The molecule has 0 amide bonds. The minimum atomic E-state index is 0.183. The van der Waals surface area contributed by atoms with E-state index < -0.39 is 0 Å². The highest BCUT2D eigenvalue weighted by Gasteiger charge is 2.28. The second-order valence-corrected chi connectivity index (χ2v) is 17.3. The number of fused-ring (bicyclic) bond motifs is 9. The third-order valence-electron chi connectivity index (χ3n) is 13.4. The summed E-state index contributed by atoms with van der Waals surface area (Å²) >= 11 is 0. The molecule has 12 rings (SSSR count).